The number of amides is 5. The second-order valence-electron chi connectivity index (χ2n) is 10.4. The topological polar surface area (TPSA) is 151 Å². The van der Waals surface area contributed by atoms with E-state index >= 15 is 0 Å². The number of nitrogens with two attached hydrogens (primary N) is 1. The van der Waals surface area contributed by atoms with Crippen LogP contribution in [-0.4, -0.2) is 77.8 Å². The summed E-state index contributed by atoms with van der Waals surface area (Å²) in [7, 11) is 0. The molecule has 38 heavy (non-hydrogen) atoms. The molecule has 2 heterocycles. The van der Waals surface area contributed by atoms with Gasteiger partial charge in [0, 0.05) is 25.6 Å². The average molecular weight is 530 g/mol. The van der Waals surface area contributed by atoms with Gasteiger partial charge in [0.1, 0.15) is 18.7 Å². The summed E-state index contributed by atoms with van der Waals surface area (Å²) in [5.41, 5.74) is 6.02. The van der Waals surface area contributed by atoms with Crippen LogP contribution in [0.4, 0.5) is 4.79 Å². The molecule has 0 radical (unpaired) electrons. The number of ether oxygens (including phenoxy) is 1. The molecule has 2 aliphatic rings. The number of hydrogen-bond donors (Lipinski definition) is 3. The molecule has 0 aliphatic carbocycles. The number of likely N-dealkylation sites (tertiary alicyclic amines) is 2. The zero-order valence-corrected chi connectivity index (χ0v) is 22.2. The fourth-order valence-electron chi connectivity index (χ4n) is 4.93. The highest BCUT2D eigenvalue weighted by Gasteiger charge is 2.39. The number of benzene rings is 1. The molecule has 0 spiro atoms. The van der Waals surface area contributed by atoms with Crippen molar-refractivity contribution in [1.82, 2.24) is 20.4 Å². The first-order valence-electron chi connectivity index (χ1n) is 13.3. The van der Waals surface area contributed by atoms with E-state index in [4.69, 9.17) is 10.5 Å². The van der Waals surface area contributed by atoms with Gasteiger partial charge in [0.15, 0.2) is 0 Å². The first kappa shape index (κ1) is 28.9. The van der Waals surface area contributed by atoms with Gasteiger partial charge in [-0.3, -0.25) is 19.2 Å². The van der Waals surface area contributed by atoms with Crippen LogP contribution in [0, 0.1) is 11.8 Å². The molecule has 2 atom stereocenters. The molecule has 11 heteroatoms. The second kappa shape index (κ2) is 13.8. The van der Waals surface area contributed by atoms with E-state index < -0.39 is 30.0 Å². The monoisotopic (exact) mass is 529 g/mol. The number of rotatable bonds is 10. The molecule has 11 nitrogen and oxygen atoms in total. The third-order valence-corrected chi connectivity index (χ3v) is 6.92. The van der Waals surface area contributed by atoms with E-state index in [0.717, 1.165) is 5.56 Å². The summed E-state index contributed by atoms with van der Waals surface area (Å²) in [4.78, 5) is 65.8. The molecule has 0 unspecified atom stereocenters. The first-order valence-corrected chi connectivity index (χ1v) is 13.3. The van der Waals surface area contributed by atoms with Crippen LogP contribution in [0.15, 0.2) is 30.3 Å². The van der Waals surface area contributed by atoms with Crippen molar-refractivity contribution in [1.29, 1.82) is 0 Å². The van der Waals surface area contributed by atoms with Gasteiger partial charge in [0.25, 0.3) is 0 Å². The molecule has 1 aromatic carbocycles. The SMILES string of the molecule is CC(C)C[C@@H](NC(=O)[C@@H]1CCCN1C(=O)C1CCN(C(=O)OCc2ccccc2)CC1)C(=O)NCC(N)=O. The lowest BCUT2D eigenvalue weighted by Crippen LogP contribution is -2.55. The summed E-state index contributed by atoms with van der Waals surface area (Å²) < 4.78 is 5.41. The lowest BCUT2D eigenvalue weighted by Gasteiger charge is -2.34. The predicted octanol–water partition coefficient (Wildman–Crippen LogP) is 1.16. The van der Waals surface area contributed by atoms with Crippen LogP contribution in [-0.2, 0) is 30.5 Å². The van der Waals surface area contributed by atoms with E-state index in [1.165, 1.54) is 0 Å². The van der Waals surface area contributed by atoms with E-state index in [-0.39, 0.29) is 36.8 Å². The van der Waals surface area contributed by atoms with Crippen molar-refractivity contribution in [2.24, 2.45) is 17.6 Å². The van der Waals surface area contributed by atoms with Gasteiger partial charge in [-0.15, -0.1) is 0 Å². The minimum atomic E-state index is -0.829. The summed E-state index contributed by atoms with van der Waals surface area (Å²) in [6, 6.07) is 7.96. The number of hydrogen-bond acceptors (Lipinski definition) is 6. The normalized spacial score (nSPS) is 18.7. The average Bonchev–Trinajstić information content (AvgIpc) is 3.40. The lowest BCUT2D eigenvalue weighted by atomic mass is 9.95. The largest absolute Gasteiger partial charge is 0.445 e. The number of nitrogens with one attached hydrogen (secondary N) is 2. The molecule has 2 aliphatic heterocycles. The minimum Gasteiger partial charge on any atom is -0.445 e. The number of carbonyl (C=O) groups excluding carboxylic acids is 5. The molecule has 5 amide bonds. The number of piperidine rings is 1. The van der Waals surface area contributed by atoms with Gasteiger partial charge in [0.2, 0.25) is 23.6 Å². The molecule has 2 fully saturated rings. The summed E-state index contributed by atoms with van der Waals surface area (Å²) >= 11 is 0. The van der Waals surface area contributed by atoms with Crippen molar-refractivity contribution in [2.45, 2.75) is 64.6 Å². The quantitative estimate of drug-likeness (QED) is 0.414. The van der Waals surface area contributed by atoms with Gasteiger partial charge in [-0.25, -0.2) is 4.79 Å². The van der Waals surface area contributed by atoms with E-state index in [2.05, 4.69) is 10.6 Å². The van der Waals surface area contributed by atoms with Crippen LogP contribution in [0.2, 0.25) is 0 Å². The molecular weight excluding hydrogens is 490 g/mol. The highest BCUT2D eigenvalue weighted by atomic mass is 16.6. The van der Waals surface area contributed by atoms with Gasteiger partial charge in [-0.2, -0.15) is 0 Å². The van der Waals surface area contributed by atoms with Crippen molar-refractivity contribution in [3.63, 3.8) is 0 Å². The maximum atomic E-state index is 13.4. The van der Waals surface area contributed by atoms with E-state index in [0.29, 0.717) is 51.7 Å². The molecule has 208 valence electrons. The summed E-state index contributed by atoms with van der Waals surface area (Å²) in [5.74, 6) is -1.79. The molecule has 4 N–H and O–H groups in total. The van der Waals surface area contributed by atoms with Crippen LogP contribution in [0.3, 0.4) is 0 Å². The second-order valence-corrected chi connectivity index (χ2v) is 10.4. The Morgan fingerprint density at radius 2 is 1.71 bits per heavy atom. The van der Waals surface area contributed by atoms with Crippen LogP contribution < -0.4 is 16.4 Å². The van der Waals surface area contributed by atoms with E-state index in [1.54, 1.807) is 9.80 Å². The Morgan fingerprint density at radius 3 is 2.34 bits per heavy atom. The van der Waals surface area contributed by atoms with Crippen molar-refractivity contribution >= 4 is 29.7 Å². The third kappa shape index (κ3) is 8.19. The number of primary amides is 1. The maximum absolute atomic E-state index is 13.4. The zero-order valence-electron chi connectivity index (χ0n) is 22.2. The summed E-state index contributed by atoms with van der Waals surface area (Å²) in [5, 5.41) is 5.23. The Labute approximate surface area is 223 Å². The highest BCUT2D eigenvalue weighted by Crippen LogP contribution is 2.26. The first-order chi connectivity index (χ1) is 18.2. The van der Waals surface area contributed by atoms with Crippen LogP contribution >= 0.6 is 0 Å². The van der Waals surface area contributed by atoms with Gasteiger partial charge in [-0.05, 0) is 43.6 Å². The van der Waals surface area contributed by atoms with Gasteiger partial charge in [-0.1, -0.05) is 44.2 Å². The summed E-state index contributed by atoms with van der Waals surface area (Å²) in [6.45, 7) is 5.03. The Hall–Kier alpha value is -3.63. The predicted molar refractivity (Wildman–Crippen MR) is 139 cm³/mol. The Bertz CT molecular complexity index is 993. The molecule has 0 saturated carbocycles. The molecule has 3 rings (SSSR count). The van der Waals surface area contributed by atoms with E-state index in [9.17, 15) is 24.0 Å². The molecule has 0 bridgehead atoms. The molecule has 2 saturated heterocycles. The van der Waals surface area contributed by atoms with Crippen LogP contribution in [0.1, 0.15) is 51.5 Å². The fourth-order valence-corrected chi connectivity index (χ4v) is 4.93. The zero-order chi connectivity index (χ0) is 27.7. The van der Waals surface area contributed by atoms with Crippen LogP contribution in [0.5, 0.6) is 0 Å². The lowest BCUT2D eigenvalue weighted by molar-refractivity contribution is -0.143. The van der Waals surface area contributed by atoms with Crippen molar-refractivity contribution in [3.8, 4) is 0 Å². The van der Waals surface area contributed by atoms with Gasteiger partial charge < -0.3 is 30.9 Å². The molecule has 0 aromatic heterocycles. The van der Waals surface area contributed by atoms with E-state index in [1.807, 2.05) is 44.2 Å². The Kier molecular flexibility index (Phi) is 10.5. The van der Waals surface area contributed by atoms with Crippen LogP contribution in [0.25, 0.3) is 0 Å². The highest BCUT2D eigenvalue weighted by molar-refractivity contribution is 5.93. The van der Waals surface area contributed by atoms with Gasteiger partial charge >= 0.3 is 6.09 Å². The number of nitrogens with zero attached hydrogens (tertiary/aromatic N) is 2. The van der Waals surface area contributed by atoms with Crippen molar-refractivity contribution in [3.05, 3.63) is 35.9 Å². The van der Waals surface area contributed by atoms with Crippen molar-refractivity contribution in [2.75, 3.05) is 26.2 Å². The smallest absolute Gasteiger partial charge is 0.410 e. The molecular formula is C27H39N5O6. The standard InChI is InChI=1S/C27H39N5O6/c1-18(2)15-21(24(34)29-16-23(28)33)30-25(35)22-9-6-12-32(22)26(36)20-10-13-31(14-11-20)27(37)38-17-19-7-4-3-5-8-19/h3-5,7-8,18,20-22H,6,9-17H2,1-2H3,(H2,28,33)(H,29,34)(H,30,35)/t21-,22+/m1/s1. The third-order valence-electron chi connectivity index (χ3n) is 6.92. The van der Waals surface area contributed by atoms with Crippen molar-refractivity contribution < 1.29 is 28.7 Å². The fraction of sp³-hybridized carbons (Fsp3) is 0.593. The Balaban J connectivity index is 1.52. The molecule has 1 aromatic rings. The summed E-state index contributed by atoms with van der Waals surface area (Å²) in [6.07, 6.45) is 2.18. The number of carbonyl (C=O) groups is 5. The van der Waals surface area contributed by atoms with Gasteiger partial charge in [0.05, 0.1) is 6.54 Å². The minimum absolute atomic E-state index is 0.0986. The maximum Gasteiger partial charge on any atom is 0.410 e. The Morgan fingerprint density at radius 1 is 1.03 bits per heavy atom.